The number of aryl methyl sites for hydroxylation is 1. The van der Waals surface area contributed by atoms with Crippen LogP contribution in [0.2, 0.25) is 0 Å². The van der Waals surface area contributed by atoms with E-state index in [2.05, 4.69) is 31.4 Å². The first-order chi connectivity index (χ1) is 7.76. The van der Waals surface area contributed by atoms with E-state index in [1.54, 1.807) is 0 Å². The molecule has 0 bridgehead atoms. The third-order valence-electron chi connectivity index (χ3n) is 3.29. The summed E-state index contributed by atoms with van der Waals surface area (Å²) in [4.78, 5) is 8.59. The molecule has 1 aromatic rings. The molecule has 0 saturated carbocycles. The molecule has 1 saturated heterocycles. The molecule has 2 nitrogen and oxygen atoms in total. The van der Waals surface area contributed by atoms with Gasteiger partial charge in [-0.1, -0.05) is 6.92 Å². The molecule has 0 N–H and O–H groups in total. The summed E-state index contributed by atoms with van der Waals surface area (Å²) >= 11 is 6.22. The van der Waals surface area contributed by atoms with Crippen molar-refractivity contribution in [2.45, 2.75) is 51.3 Å². The van der Waals surface area contributed by atoms with Crippen LogP contribution in [0, 0.1) is 0 Å². The first-order valence-corrected chi connectivity index (χ1v) is 7.57. The maximum atomic E-state index is 4.77. The second-order valence-corrected chi connectivity index (χ2v) is 5.79. The molecular weight excluding hydrogens is 236 g/mol. The molecule has 1 aromatic heterocycles. The molecule has 0 aromatic carbocycles. The largest absolute Gasteiger partial charge is 0.345 e. The Hall–Kier alpha value is -0.220. The number of rotatable bonds is 3. The second-order valence-electron chi connectivity index (χ2n) is 4.42. The van der Waals surface area contributed by atoms with Gasteiger partial charge in [-0.15, -0.1) is 11.3 Å². The summed E-state index contributed by atoms with van der Waals surface area (Å²) < 4.78 is 0. The number of hydrogen-bond acceptors (Lipinski definition) is 4. The number of thiazole rings is 1. The van der Waals surface area contributed by atoms with E-state index in [1.807, 2.05) is 11.3 Å². The van der Waals surface area contributed by atoms with Gasteiger partial charge in [0.1, 0.15) is 0 Å². The summed E-state index contributed by atoms with van der Waals surface area (Å²) in [5.41, 5.74) is 1.24. The highest BCUT2D eigenvalue weighted by molar-refractivity contribution is 7.79. The Kier molecular flexibility index (Phi) is 4.14. The molecule has 1 unspecified atom stereocenters. The highest BCUT2D eigenvalue weighted by Crippen LogP contribution is 2.32. The van der Waals surface area contributed by atoms with Crippen LogP contribution in [0.5, 0.6) is 0 Å². The van der Waals surface area contributed by atoms with Crippen LogP contribution < -0.4 is 4.90 Å². The van der Waals surface area contributed by atoms with E-state index >= 15 is 0 Å². The molecule has 1 atom stereocenters. The second kappa shape index (κ2) is 5.41. The summed E-state index contributed by atoms with van der Waals surface area (Å²) in [5, 5.41) is 1.22. The maximum absolute atomic E-state index is 4.77. The molecule has 2 rings (SSSR count). The molecule has 2 heterocycles. The quantitative estimate of drug-likeness (QED) is 0.833. The zero-order valence-corrected chi connectivity index (χ0v) is 11.8. The fourth-order valence-electron chi connectivity index (χ4n) is 2.27. The van der Waals surface area contributed by atoms with Gasteiger partial charge in [-0.05, 0) is 32.6 Å². The summed E-state index contributed by atoms with van der Waals surface area (Å²) in [5.74, 6) is 0.822. The molecule has 90 valence electrons. The molecule has 16 heavy (non-hydrogen) atoms. The van der Waals surface area contributed by atoms with E-state index in [1.165, 1.54) is 41.5 Å². The van der Waals surface area contributed by atoms with E-state index in [-0.39, 0.29) is 0 Å². The molecule has 0 amide bonds. The minimum Gasteiger partial charge on any atom is -0.345 e. The van der Waals surface area contributed by atoms with Gasteiger partial charge in [0.2, 0.25) is 0 Å². The van der Waals surface area contributed by atoms with Crippen molar-refractivity contribution < 1.29 is 0 Å². The lowest BCUT2D eigenvalue weighted by Crippen LogP contribution is -2.37. The fourth-order valence-corrected chi connectivity index (χ4v) is 3.79. The Labute approximate surface area is 107 Å². The van der Waals surface area contributed by atoms with Crippen LogP contribution in [0.1, 0.15) is 43.7 Å². The van der Waals surface area contributed by atoms with Gasteiger partial charge in [0.05, 0.1) is 5.69 Å². The SMILES string of the molecule is CCc1nc(N2CCCCC2C)sc1CS. The number of hydrogen-bond donors (Lipinski definition) is 1. The van der Waals surface area contributed by atoms with Crippen molar-refractivity contribution in [2.24, 2.45) is 0 Å². The van der Waals surface area contributed by atoms with Gasteiger partial charge >= 0.3 is 0 Å². The summed E-state index contributed by atoms with van der Waals surface area (Å²) in [6.45, 7) is 5.65. The van der Waals surface area contributed by atoms with Crippen LogP contribution in [-0.2, 0) is 12.2 Å². The smallest absolute Gasteiger partial charge is 0.186 e. The highest BCUT2D eigenvalue weighted by atomic mass is 32.1. The third-order valence-corrected chi connectivity index (χ3v) is 4.96. The summed E-state index contributed by atoms with van der Waals surface area (Å²) in [6.07, 6.45) is 5.00. The molecule has 1 aliphatic rings. The van der Waals surface area contributed by atoms with Gasteiger partial charge in [-0.25, -0.2) is 4.98 Å². The number of anilines is 1. The van der Waals surface area contributed by atoms with Crippen molar-refractivity contribution in [1.29, 1.82) is 0 Å². The van der Waals surface area contributed by atoms with Crippen LogP contribution in [0.15, 0.2) is 0 Å². The Bertz CT molecular complexity index is 327. The fraction of sp³-hybridized carbons (Fsp3) is 0.750. The van der Waals surface area contributed by atoms with Crippen molar-refractivity contribution in [3.8, 4) is 0 Å². The number of nitrogens with zero attached hydrogens (tertiary/aromatic N) is 2. The predicted molar refractivity (Wildman–Crippen MR) is 74.8 cm³/mol. The Morgan fingerprint density at radius 3 is 2.88 bits per heavy atom. The van der Waals surface area contributed by atoms with E-state index in [0.29, 0.717) is 6.04 Å². The monoisotopic (exact) mass is 256 g/mol. The van der Waals surface area contributed by atoms with Gasteiger partial charge < -0.3 is 4.90 Å². The zero-order chi connectivity index (χ0) is 11.5. The molecule has 0 aliphatic carbocycles. The van der Waals surface area contributed by atoms with Crippen molar-refractivity contribution in [3.05, 3.63) is 10.6 Å². The number of piperidine rings is 1. The molecular formula is C12H20N2S2. The highest BCUT2D eigenvalue weighted by Gasteiger charge is 2.22. The average molecular weight is 256 g/mol. The van der Waals surface area contributed by atoms with Crippen LogP contribution in [0.25, 0.3) is 0 Å². The van der Waals surface area contributed by atoms with Crippen molar-refractivity contribution >= 4 is 29.1 Å². The average Bonchev–Trinajstić information content (AvgIpc) is 2.72. The number of thiol groups is 1. The minimum atomic E-state index is 0.650. The maximum Gasteiger partial charge on any atom is 0.186 e. The van der Waals surface area contributed by atoms with Gasteiger partial charge in [0.15, 0.2) is 5.13 Å². The topological polar surface area (TPSA) is 16.1 Å². The van der Waals surface area contributed by atoms with Crippen molar-refractivity contribution in [2.75, 3.05) is 11.4 Å². The van der Waals surface area contributed by atoms with Crippen LogP contribution in [0.3, 0.4) is 0 Å². The first kappa shape index (κ1) is 12.2. The lowest BCUT2D eigenvalue weighted by Gasteiger charge is -2.33. The van der Waals surface area contributed by atoms with Crippen LogP contribution in [0.4, 0.5) is 5.13 Å². The number of aromatic nitrogens is 1. The van der Waals surface area contributed by atoms with Gasteiger partial charge in [-0.3, -0.25) is 0 Å². The Morgan fingerprint density at radius 2 is 2.31 bits per heavy atom. The lowest BCUT2D eigenvalue weighted by molar-refractivity contribution is 0.484. The van der Waals surface area contributed by atoms with Gasteiger partial charge in [0, 0.05) is 23.2 Å². The molecule has 1 aliphatic heterocycles. The first-order valence-electron chi connectivity index (χ1n) is 6.12. The van der Waals surface area contributed by atoms with Gasteiger partial charge in [0.25, 0.3) is 0 Å². The molecule has 1 fully saturated rings. The predicted octanol–water partition coefficient (Wildman–Crippen LogP) is 3.51. The minimum absolute atomic E-state index is 0.650. The van der Waals surface area contributed by atoms with E-state index < -0.39 is 0 Å². The van der Waals surface area contributed by atoms with E-state index in [9.17, 15) is 0 Å². The van der Waals surface area contributed by atoms with Crippen LogP contribution in [-0.4, -0.2) is 17.6 Å². The molecule has 0 spiro atoms. The lowest BCUT2D eigenvalue weighted by atomic mass is 10.1. The summed E-state index contributed by atoms with van der Waals surface area (Å²) in [7, 11) is 0. The van der Waals surface area contributed by atoms with Crippen LogP contribution >= 0.6 is 24.0 Å². The molecule has 4 heteroatoms. The van der Waals surface area contributed by atoms with E-state index in [4.69, 9.17) is 4.98 Å². The summed E-state index contributed by atoms with van der Waals surface area (Å²) in [6, 6.07) is 0.650. The van der Waals surface area contributed by atoms with E-state index in [0.717, 1.165) is 12.2 Å². The standard InChI is InChI=1S/C12H20N2S2/c1-3-10-11(8-15)16-12(13-10)14-7-5-4-6-9(14)2/h9,15H,3-8H2,1-2H3. The van der Waals surface area contributed by atoms with Gasteiger partial charge in [-0.2, -0.15) is 12.6 Å². The van der Waals surface area contributed by atoms with Crippen molar-refractivity contribution in [1.82, 2.24) is 4.98 Å². The normalized spacial score (nSPS) is 21.4. The Balaban J connectivity index is 2.22. The Morgan fingerprint density at radius 1 is 1.50 bits per heavy atom. The zero-order valence-electron chi connectivity index (χ0n) is 10.1. The van der Waals surface area contributed by atoms with Crippen molar-refractivity contribution in [3.63, 3.8) is 0 Å². The third kappa shape index (κ3) is 2.38. The molecule has 0 radical (unpaired) electrons.